The van der Waals surface area contributed by atoms with Crippen molar-refractivity contribution < 1.29 is 9.59 Å². The average Bonchev–Trinajstić information content (AvgIpc) is 2.66. The van der Waals surface area contributed by atoms with E-state index in [-0.39, 0.29) is 11.9 Å². The molecule has 0 spiro atoms. The van der Waals surface area contributed by atoms with Crippen molar-refractivity contribution in [3.8, 4) is 0 Å². The van der Waals surface area contributed by atoms with Gasteiger partial charge in [0.1, 0.15) is 0 Å². The number of carbonyl (C=O) groups is 2. The summed E-state index contributed by atoms with van der Waals surface area (Å²) in [5.41, 5.74) is 4.53. The van der Waals surface area contributed by atoms with E-state index in [1.54, 1.807) is 0 Å². The highest BCUT2D eigenvalue weighted by Gasteiger charge is 2.21. The molecule has 1 aliphatic heterocycles. The van der Waals surface area contributed by atoms with Crippen LogP contribution < -0.4 is 21.5 Å². The molecule has 0 bridgehead atoms. The summed E-state index contributed by atoms with van der Waals surface area (Å²) in [4.78, 5) is 21.9. The van der Waals surface area contributed by atoms with Crippen molar-refractivity contribution in [3.05, 3.63) is 0 Å². The number of urea groups is 1. The van der Waals surface area contributed by atoms with Crippen LogP contribution in [0.4, 0.5) is 4.79 Å². The normalized spacial score (nSPS) is 20.8. The molecule has 0 saturated carbocycles. The monoisotopic (exact) mass is 186 g/mol. The lowest BCUT2D eigenvalue weighted by Gasteiger charge is -2.11. The Morgan fingerprint density at radius 3 is 2.69 bits per heavy atom. The van der Waals surface area contributed by atoms with Gasteiger partial charge in [0.2, 0.25) is 0 Å². The number of carbonyl (C=O) groups excluding carboxylic acids is 2. The Labute approximate surface area is 76.4 Å². The van der Waals surface area contributed by atoms with E-state index in [2.05, 4.69) is 21.5 Å². The van der Waals surface area contributed by atoms with Crippen LogP contribution in [-0.4, -0.2) is 31.6 Å². The molecule has 0 aromatic heterocycles. The number of hydrogen-bond donors (Lipinski definition) is 4. The molecule has 4 N–H and O–H groups in total. The standard InChI is InChI=1S/C7H14N4O2/c1-8-7(13)11-10-6(12)5-3-2-4-9-5/h5,9H,2-4H2,1H3,(H,10,12)(H2,8,11,13)/t5-/m0/s1. The van der Waals surface area contributed by atoms with E-state index in [4.69, 9.17) is 0 Å². The van der Waals surface area contributed by atoms with Crippen LogP contribution in [0.15, 0.2) is 0 Å². The van der Waals surface area contributed by atoms with Gasteiger partial charge in [-0.3, -0.25) is 10.2 Å². The number of nitrogens with one attached hydrogen (secondary N) is 4. The van der Waals surface area contributed by atoms with E-state index in [0.29, 0.717) is 0 Å². The number of amides is 3. The van der Waals surface area contributed by atoms with Crippen LogP contribution in [0, 0.1) is 0 Å². The molecule has 0 aliphatic carbocycles. The fourth-order valence-corrected chi connectivity index (χ4v) is 1.18. The average molecular weight is 186 g/mol. The molecule has 1 aliphatic rings. The van der Waals surface area contributed by atoms with Crippen molar-refractivity contribution in [2.75, 3.05) is 13.6 Å². The van der Waals surface area contributed by atoms with Gasteiger partial charge in [0.25, 0.3) is 5.91 Å². The molecule has 6 heteroatoms. The fourth-order valence-electron chi connectivity index (χ4n) is 1.18. The molecule has 0 aromatic rings. The molecule has 1 rings (SSSR count). The molecule has 13 heavy (non-hydrogen) atoms. The van der Waals surface area contributed by atoms with Crippen LogP contribution in [-0.2, 0) is 4.79 Å². The topological polar surface area (TPSA) is 82.3 Å². The highest BCUT2D eigenvalue weighted by atomic mass is 16.2. The highest BCUT2D eigenvalue weighted by Crippen LogP contribution is 2.03. The summed E-state index contributed by atoms with van der Waals surface area (Å²) < 4.78 is 0. The maximum Gasteiger partial charge on any atom is 0.333 e. The molecule has 3 amide bonds. The second-order valence-corrected chi connectivity index (χ2v) is 2.84. The summed E-state index contributed by atoms with van der Waals surface area (Å²) in [5, 5.41) is 5.34. The van der Waals surface area contributed by atoms with Crippen LogP contribution in [0.3, 0.4) is 0 Å². The van der Waals surface area contributed by atoms with E-state index >= 15 is 0 Å². The zero-order valence-electron chi connectivity index (χ0n) is 7.52. The summed E-state index contributed by atoms with van der Waals surface area (Å²) in [6, 6.07) is -0.594. The largest absolute Gasteiger partial charge is 0.340 e. The molecular weight excluding hydrogens is 172 g/mol. The molecule has 1 heterocycles. The summed E-state index contributed by atoms with van der Waals surface area (Å²) in [6.45, 7) is 0.859. The zero-order chi connectivity index (χ0) is 9.68. The Hall–Kier alpha value is -1.30. The Balaban J connectivity index is 2.20. The predicted octanol–water partition coefficient (Wildman–Crippen LogP) is -1.30. The Morgan fingerprint density at radius 1 is 1.38 bits per heavy atom. The van der Waals surface area contributed by atoms with E-state index in [1.807, 2.05) is 0 Å². The molecule has 1 atom stereocenters. The number of hydrazine groups is 1. The van der Waals surface area contributed by atoms with Gasteiger partial charge in [-0.05, 0) is 19.4 Å². The maximum atomic E-state index is 11.2. The smallest absolute Gasteiger partial charge is 0.333 e. The first-order chi connectivity index (χ1) is 6.24. The SMILES string of the molecule is CNC(=O)NNC(=O)[C@@H]1CCCN1. The number of hydrogen-bond acceptors (Lipinski definition) is 3. The molecule has 1 saturated heterocycles. The van der Waals surface area contributed by atoms with Crippen LogP contribution >= 0.6 is 0 Å². The first-order valence-corrected chi connectivity index (χ1v) is 4.25. The van der Waals surface area contributed by atoms with E-state index in [0.717, 1.165) is 19.4 Å². The van der Waals surface area contributed by atoms with Crippen LogP contribution in [0.5, 0.6) is 0 Å². The van der Waals surface area contributed by atoms with E-state index in [1.165, 1.54) is 7.05 Å². The van der Waals surface area contributed by atoms with Gasteiger partial charge in [-0.2, -0.15) is 0 Å². The lowest BCUT2D eigenvalue weighted by molar-refractivity contribution is -0.123. The molecule has 6 nitrogen and oxygen atoms in total. The third kappa shape index (κ3) is 2.90. The van der Waals surface area contributed by atoms with Crippen molar-refractivity contribution >= 4 is 11.9 Å². The lowest BCUT2D eigenvalue weighted by atomic mass is 10.2. The maximum absolute atomic E-state index is 11.2. The van der Waals surface area contributed by atoms with Crippen molar-refractivity contribution in [1.29, 1.82) is 0 Å². The molecule has 0 unspecified atom stereocenters. The molecule has 0 radical (unpaired) electrons. The first-order valence-electron chi connectivity index (χ1n) is 4.25. The van der Waals surface area contributed by atoms with Crippen molar-refractivity contribution in [2.24, 2.45) is 0 Å². The summed E-state index contributed by atoms with van der Waals surface area (Å²) in [7, 11) is 1.48. The quantitative estimate of drug-likeness (QED) is 0.384. The molecular formula is C7H14N4O2. The van der Waals surface area contributed by atoms with E-state index in [9.17, 15) is 9.59 Å². The zero-order valence-corrected chi connectivity index (χ0v) is 7.52. The minimum Gasteiger partial charge on any atom is -0.340 e. The fraction of sp³-hybridized carbons (Fsp3) is 0.714. The number of rotatable bonds is 1. The van der Waals surface area contributed by atoms with Gasteiger partial charge in [-0.15, -0.1) is 0 Å². The molecule has 74 valence electrons. The first kappa shape index (κ1) is 9.79. The second-order valence-electron chi connectivity index (χ2n) is 2.84. The third-order valence-electron chi connectivity index (χ3n) is 1.90. The van der Waals surface area contributed by atoms with Gasteiger partial charge < -0.3 is 10.6 Å². The highest BCUT2D eigenvalue weighted by molar-refractivity contribution is 5.84. The van der Waals surface area contributed by atoms with Gasteiger partial charge in [0.15, 0.2) is 0 Å². The van der Waals surface area contributed by atoms with Crippen molar-refractivity contribution in [2.45, 2.75) is 18.9 Å². The summed E-state index contributed by atoms with van der Waals surface area (Å²) in [5.74, 6) is -0.193. The van der Waals surface area contributed by atoms with E-state index < -0.39 is 6.03 Å². The summed E-state index contributed by atoms with van der Waals surface area (Å²) in [6.07, 6.45) is 1.82. The Bertz CT molecular complexity index is 201. The Morgan fingerprint density at radius 2 is 2.15 bits per heavy atom. The van der Waals surface area contributed by atoms with Crippen LogP contribution in [0.25, 0.3) is 0 Å². The minimum absolute atomic E-state index is 0.169. The molecule has 1 fully saturated rings. The minimum atomic E-state index is -0.425. The van der Waals surface area contributed by atoms with Gasteiger partial charge in [0.05, 0.1) is 6.04 Å². The Kier molecular flexibility index (Phi) is 3.51. The van der Waals surface area contributed by atoms with Crippen molar-refractivity contribution in [3.63, 3.8) is 0 Å². The van der Waals surface area contributed by atoms with Crippen LogP contribution in [0.1, 0.15) is 12.8 Å². The van der Waals surface area contributed by atoms with Gasteiger partial charge in [0, 0.05) is 7.05 Å². The lowest BCUT2D eigenvalue weighted by Crippen LogP contribution is -2.51. The van der Waals surface area contributed by atoms with Gasteiger partial charge in [-0.25, -0.2) is 10.2 Å². The van der Waals surface area contributed by atoms with Gasteiger partial charge >= 0.3 is 6.03 Å². The predicted molar refractivity (Wildman–Crippen MR) is 46.8 cm³/mol. The van der Waals surface area contributed by atoms with Crippen LogP contribution in [0.2, 0.25) is 0 Å². The van der Waals surface area contributed by atoms with Crippen molar-refractivity contribution in [1.82, 2.24) is 21.5 Å². The van der Waals surface area contributed by atoms with Gasteiger partial charge in [-0.1, -0.05) is 0 Å². The molecule has 0 aromatic carbocycles. The second kappa shape index (κ2) is 4.66. The third-order valence-corrected chi connectivity index (χ3v) is 1.90. The summed E-state index contributed by atoms with van der Waals surface area (Å²) >= 11 is 0.